The van der Waals surface area contributed by atoms with Gasteiger partial charge in [0, 0.05) is 22.2 Å². The van der Waals surface area contributed by atoms with Crippen LogP contribution in [-0.2, 0) is 10.0 Å². The van der Waals surface area contributed by atoms with Crippen molar-refractivity contribution in [3.05, 3.63) is 95.9 Å². The second-order valence-electron chi connectivity index (χ2n) is 6.35. The van der Waals surface area contributed by atoms with Crippen LogP contribution in [0, 0.1) is 0 Å². The van der Waals surface area contributed by atoms with Gasteiger partial charge in [0.2, 0.25) is 0 Å². The minimum Gasteiger partial charge on any atom is -0.298 e. The Morgan fingerprint density at radius 3 is 2.13 bits per heavy atom. The van der Waals surface area contributed by atoms with Gasteiger partial charge in [-0.05, 0) is 36.4 Å². The number of benzene rings is 3. The molecule has 8 heteroatoms. The molecule has 0 bridgehead atoms. The molecule has 0 radical (unpaired) electrons. The van der Waals surface area contributed by atoms with Crippen molar-refractivity contribution in [3.8, 4) is 11.3 Å². The zero-order valence-electron chi connectivity index (χ0n) is 15.6. The first kappa shape index (κ1) is 19.8. The number of hydrogen-bond donors (Lipinski definition) is 2. The number of thiazole rings is 1. The maximum atomic E-state index is 12.5. The number of aromatic nitrogens is 1. The molecule has 4 aromatic rings. The summed E-state index contributed by atoms with van der Waals surface area (Å²) in [5.41, 5.74) is 2.56. The van der Waals surface area contributed by atoms with Gasteiger partial charge in [0.25, 0.3) is 15.9 Å². The lowest BCUT2D eigenvalue weighted by atomic mass is 10.2. The Morgan fingerprint density at radius 2 is 1.47 bits per heavy atom. The molecule has 0 aliphatic carbocycles. The number of amides is 1. The van der Waals surface area contributed by atoms with E-state index in [1.807, 2.05) is 35.7 Å². The van der Waals surface area contributed by atoms with E-state index in [0.717, 1.165) is 11.3 Å². The second-order valence-corrected chi connectivity index (χ2v) is 8.89. The first-order valence-corrected chi connectivity index (χ1v) is 11.4. The van der Waals surface area contributed by atoms with E-state index in [-0.39, 0.29) is 10.8 Å². The van der Waals surface area contributed by atoms with E-state index >= 15 is 0 Å². The van der Waals surface area contributed by atoms with E-state index in [0.29, 0.717) is 16.4 Å². The van der Waals surface area contributed by atoms with Crippen molar-refractivity contribution < 1.29 is 13.2 Å². The molecule has 0 saturated heterocycles. The molecule has 30 heavy (non-hydrogen) atoms. The summed E-state index contributed by atoms with van der Waals surface area (Å²) in [4.78, 5) is 17.0. The first-order chi connectivity index (χ1) is 14.5. The Hall–Kier alpha value is -3.49. The third-order valence-corrected chi connectivity index (χ3v) is 6.40. The van der Waals surface area contributed by atoms with Gasteiger partial charge < -0.3 is 0 Å². The van der Waals surface area contributed by atoms with Crippen molar-refractivity contribution in [1.82, 2.24) is 4.98 Å². The first-order valence-electron chi connectivity index (χ1n) is 9.01. The van der Waals surface area contributed by atoms with Crippen LogP contribution in [-0.4, -0.2) is 19.3 Å². The van der Waals surface area contributed by atoms with Gasteiger partial charge in [-0.15, -0.1) is 11.3 Å². The third kappa shape index (κ3) is 4.56. The van der Waals surface area contributed by atoms with E-state index in [9.17, 15) is 13.2 Å². The smallest absolute Gasteiger partial charge is 0.261 e. The van der Waals surface area contributed by atoms with E-state index in [4.69, 9.17) is 0 Å². The van der Waals surface area contributed by atoms with Crippen molar-refractivity contribution in [1.29, 1.82) is 0 Å². The minimum atomic E-state index is -3.73. The fraction of sp³-hybridized carbons (Fsp3) is 0. The Morgan fingerprint density at radius 1 is 0.833 bits per heavy atom. The van der Waals surface area contributed by atoms with E-state index in [1.165, 1.54) is 35.6 Å². The van der Waals surface area contributed by atoms with Gasteiger partial charge in [-0.2, -0.15) is 0 Å². The number of carbonyl (C=O) groups is 1. The summed E-state index contributed by atoms with van der Waals surface area (Å²) in [6.45, 7) is 0. The SMILES string of the molecule is O=C(Nc1nc(-c2ccccc2)cs1)c1ccc(S(=O)(=O)Nc2ccccc2)cc1. The van der Waals surface area contributed by atoms with Crippen molar-refractivity contribution in [2.24, 2.45) is 0 Å². The summed E-state index contributed by atoms with van der Waals surface area (Å²) in [6, 6.07) is 24.0. The van der Waals surface area contributed by atoms with Crippen LogP contribution in [0.5, 0.6) is 0 Å². The predicted octanol–water partition coefficient (Wildman–Crippen LogP) is 4.86. The average molecular weight is 436 g/mol. The number of nitrogens with zero attached hydrogens (tertiary/aromatic N) is 1. The lowest BCUT2D eigenvalue weighted by Crippen LogP contribution is -2.14. The summed E-state index contributed by atoms with van der Waals surface area (Å²) in [5, 5.41) is 5.09. The fourth-order valence-electron chi connectivity index (χ4n) is 2.75. The normalized spacial score (nSPS) is 11.1. The van der Waals surface area contributed by atoms with Crippen LogP contribution in [0.2, 0.25) is 0 Å². The van der Waals surface area contributed by atoms with Gasteiger partial charge in [0.1, 0.15) is 0 Å². The summed E-state index contributed by atoms with van der Waals surface area (Å²) in [5.74, 6) is -0.357. The highest BCUT2D eigenvalue weighted by atomic mass is 32.2. The monoisotopic (exact) mass is 435 g/mol. The predicted molar refractivity (Wildman–Crippen MR) is 119 cm³/mol. The maximum absolute atomic E-state index is 12.5. The molecule has 6 nitrogen and oxygen atoms in total. The van der Waals surface area contributed by atoms with Crippen molar-refractivity contribution >= 4 is 38.1 Å². The summed E-state index contributed by atoms with van der Waals surface area (Å²) in [7, 11) is -3.73. The quantitative estimate of drug-likeness (QED) is 0.453. The highest BCUT2D eigenvalue weighted by molar-refractivity contribution is 7.92. The van der Waals surface area contributed by atoms with E-state index < -0.39 is 10.0 Å². The molecule has 0 atom stereocenters. The molecule has 3 aromatic carbocycles. The molecule has 1 amide bonds. The third-order valence-electron chi connectivity index (χ3n) is 4.25. The summed E-state index contributed by atoms with van der Waals surface area (Å²) < 4.78 is 27.5. The van der Waals surface area contributed by atoms with Gasteiger partial charge in [-0.25, -0.2) is 13.4 Å². The Labute approximate surface area is 178 Å². The van der Waals surface area contributed by atoms with Crippen LogP contribution in [0.4, 0.5) is 10.8 Å². The lowest BCUT2D eigenvalue weighted by molar-refractivity contribution is 0.102. The number of anilines is 2. The minimum absolute atomic E-state index is 0.0727. The molecule has 4 rings (SSSR count). The van der Waals surface area contributed by atoms with Crippen LogP contribution in [0.25, 0.3) is 11.3 Å². The highest BCUT2D eigenvalue weighted by Crippen LogP contribution is 2.25. The van der Waals surface area contributed by atoms with Gasteiger partial charge in [-0.3, -0.25) is 14.8 Å². The molecule has 1 aromatic heterocycles. The molecule has 0 saturated carbocycles. The molecule has 2 N–H and O–H groups in total. The van der Waals surface area contributed by atoms with Crippen LogP contribution in [0.1, 0.15) is 10.4 Å². The van der Waals surface area contributed by atoms with E-state index in [1.54, 1.807) is 30.3 Å². The number of nitrogens with one attached hydrogen (secondary N) is 2. The molecule has 1 heterocycles. The maximum Gasteiger partial charge on any atom is 0.261 e. The molecule has 0 aliphatic rings. The topological polar surface area (TPSA) is 88.2 Å². The standard InChI is InChI=1S/C22H17N3O3S2/c26-21(24-22-23-20(15-29-22)16-7-3-1-4-8-16)17-11-13-19(14-12-17)30(27,28)25-18-9-5-2-6-10-18/h1-15,25H,(H,23,24,26). The number of carbonyl (C=O) groups excluding carboxylic acids is 1. The van der Waals surface area contributed by atoms with Crippen LogP contribution in [0.15, 0.2) is 95.2 Å². The molecule has 150 valence electrons. The van der Waals surface area contributed by atoms with Gasteiger partial charge in [0.15, 0.2) is 5.13 Å². The van der Waals surface area contributed by atoms with Gasteiger partial charge in [-0.1, -0.05) is 48.5 Å². The van der Waals surface area contributed by atoms with E-state index in [2.05, 4.69) is 15.0 Å². The number of rotatable bonds is 6. The van der Waals surface area contributed by atoms with Crippen LogP contribution in [0.3, 0.4) is 0 Å². The van der Waals surface area contributed by atoms with Crippen LogP contribution < -0.4 is 10.0 Å². The van der Waals surface area contributed by atoms with Crippen molar-refractivity contribution in [2.45, 2.75) is 4.90 Å². The number of hydrogen-bond acceptors (Lipinski definition) is 5. The molecular formula is C22H17N3O3S2. The second kappa shape index (κ2) is 8.48. The highest BCUT2D eigenvalue weighted by Gasteiger charge is 2.16. The largest absolute Gasteiger partial charge is 0.298 e. The Bertz CT molecular complexity index is 1250. The Kier molecular flexibility index (Phi) is 5.60. The number of para-hydroxylation sites is 1. The zero-order valence-corrected chi connectivity index (χ0v) is 17.3. The molecule has 0 spiro atoms. The number of sulfonamides is 1. The van der Waals surface area contributed by atoms with Crippen LogP contribution >= 0.6 is 11.3 Å². The Balaban J connectivity index is 1.45. The van der Waals surface area contributed by atoms with Crippen molar-refractivity contribution in [2.75, 3.05) is 10.0 Å². The van der Waals surface area contributed by atoms with Crippen molar-refractivity contribution in [3.63, 3.8) is 0 Å². The zero-order chi connectivity index (χ0) is 21.0. The lowest BCUT2D eigenvalue weighted by Gasteiger charge is -2.08. The summed E-state index contributed by atoms with van der Waals surface area (Å²) in [6.07, 6.45) is 0. The molecule has 0 fully saturated rings. The molecule has 0 unspecified atom stereocenters. The van der Waals surface area contributed by atoms with Gasteiger partial charge in [0.05, 0.1) is 10.6 Å². The molecule has 0 aliphatic heterocycles. The average Bonchev–Trinajstić information content (AvgIpc) is 3.23. The molecular weight excluding hydrogens is 418 g/mol. The summed E-state index contributed by atoms with van der Waals surface area (Å²) >= 11 is 1.33. The van der Waals surface area contributed by atoms with Gasteiger partial charge >= 0.3 is 0 Å². The fourth-order valence-corrected chi connectivity index (χ4v) is 4.52.